The molecule has 9 heteroatoms. The molecule has 1 unspecified atom stereocenters. The molecule has 3 aromatic rings. The van der Waals surface area contributed by atoms with Crippen molar-refractivity contribution in [1.29, 1.82) is 0 Å². The van der Waals surface area contributed by atoms with E-state index in [1.807, 2.05) is 30.5 Å². The number of piperidine rings is 1. The molecule has 2 atom stereocenters. The first-order valence-electron chi connectivity index (χ1n) is 10.9. The molecule has 2 aliphatic heterocycles. The average molecular weight is 432 g/mol. The summed E-state index contributed by atoms with van der Waals surface area (Å²) in [5.41, 5.74) is 1.78. The summed E-state index contributed by atoms with van der Waals surface area (Å²) in [5, 5.41) is 11.3. The summed E-state index contributed by atoms with van der Waals surface area (Å²) in [7, 11) is 0. The number of rotatable bonds is 5. The van der Waals surface area contributed by atoms with Crippen LogP contribution in [0.4, 0.5) is 5.82 Å². The van der Waals surface area contributed by atoms with E-state index in [0.29, 0.717) is 17.5 Å². The fourth-order valence-corrected chi connectivity index (χ4v) is 4.30. The topological polar surface area (TPSA) is 109 Å². The Kier molecular flexibility index (Phi) is 5.72. The van der Waals surface area contributed by atoms with Gasteiger partial charge in [0.25, 0.3) is 5.89 Å². The molecule has 164 valence electrons. The molecule has 1 saturated heterocycles. The second-order valence-electron chi connectivity index (χ2n) is 8.15. The lowest BCUT2D eigenvalue weighted by Crippen LogP contribution is -2.46. The molecule has 1 N–H and O–H groups in total. The molecule has 32 heavy (non-hydrogen) atoms. The van der Waals surface area contributed by atoms with Crippen molar-refractivity contribution in [1.82, 2.24) is 25.5 Å². The Morgan fingerprint density at radius 1 is 1.12 bits per heavy atom. The Labute approximate surface area is 186 Å². The molecule has 2 aliphatic rings. The van der Waals surface area contributed by atoms with Crippen molar-refractivity contribution in [2.24, 2.45) is 10.9 Å². The Bertz CT molecular complexity index is 1110. The summed E-state index contributed by atoms with van der Waals surface area (Å²) in [5.74, 6) is 1.83. The number of nitrogens with zero attached hydrogens (tertiary/aromatic N) is 6. The number of carbonyl (C=O) groups is 1. The Morgan fingerprint density at radius 2 is 1.94 bits per heavy atom. The normalized spacial score (nSPS) is 21.6. The van der Waals surface area contributed by atoms with E-state index in [-0.39, 0.29) is 17.7 Å². The average Bonchev–Trinajstić information content (AvgIpc) is 3.31. The van der Waals surface area contributed by atoms with Gasteiger partial charge < -0.3 is 9.32 Å². The van der Waals surface area contributed by atoms with Crippen LogP contribution >= 0.6 is 0 Å². The summed E-state index contributed by atoms with van der Waals surface area (Å²) in [4.78, 5) is 28.4. The monoisotopic (exact) mass is 431 g/mol. The van der Waals surface area contributed by atoms with E-state index < -0.39 is 6.17 Å². The number of aryl methyl sites for hydroxylation is 1. The van der Waals surface area contributed by atoms with Crippen molar-refractivity contribution < 1.29 is 9.21 Å². The number of aromatic nitrogens is 4. The van der Waals surface area contributed by atoms with Gasteiger partial charge in [-0.25, -0.2) is 9.97 Å². The van der Waals surface area contributed by atoms with Gasteiger partial charge in [0.2, 0.25) is 5.89 Å². The van der Waals surface area contributed by atoms with Crippen molar-refractivity contribution in [3.05, 3.63) is 54.2 Å². The molecule has 2 aromatic heterocycles. The first-order chi connectivity index (χ1) is 15.7. The van der Waals surface area contributed by atoms with Crippen LogP contribution in [0.5, 0.6) is 0 Å². The molecule has 0 bridgehead atoms. The van der Waals surface area contributed by atoms with E-state index in [9.17, 15) is 4.79 Å². The van der Waals surface area contributed by atoms with E-state index >= 15 is 0 Å². The number of ketones is 1. The van der Waals surface area contributed by atoms with Crippen LogP contribution in [0.3, 0.4) is 0 Å². The maximum absolute atomic E-state index is 13.2. The molecule has 5 rings (SSSR count). The lowest BCUT2D eigenvalue weighted by molar-refractivity contribution is -0.125. The maximum Gasteiger partial charge on any atom is 0.266 e. The van der Waals surface area contributed by atoms with Gasteiger partial charge in [0.1, 0.15) is 17.8 Å². The number of carbonyl (C=O) groups excluding carboxylic acids is 1. The molecule has 0 aliphatic carbocycles. The summed E-state index contributed by atoms with van der Waals surface area (Å²) >= 11 is 0. The van der Waals surface area contributed by atoms with Gasteiger partial charge in [-0.1, -0.05) is 30.3 Å². The van der Waals surface area contributed by atoms with E-state index in [0.717, 1.165) is 38.2 Å². The van der Waals surface area contributed by atoms with Crippen LogP contribution in [0, 0.1) is 12.8 Å². The fraction of sp³-hybridized carbons (Fsp3) is 0.391. The van der Waals surface area contributed by atoms with Crippen LogP contribution in [-0.4, -0.2) is 51.4 Å². The third-order valence-electron chi connectivity index (χ3n) is 6.05. The summed E-state index contributed by atoms with van der Waals surface area (Å²) in [6.45, 7) is 3.23. The standard InChI is InChI=1S/C23H25N7O2/c1-15-28-29-23(32-15)19-13-20(26-14-25-19)30-11-8-17(9-12-30)21(31)22-24-10-7-18(27-22)16-5-3-2-4-6-16/h2-6,10,13-14,17-18,22,27H,7-9,11-12H2,1H3/t18-,22?/m0/s1. The minimum atomic E-state index is -0.475. The van der Waals surface area contributed by atoms with Gasteiger partial charge in [0, 0.05) is 50.7 Å². The van der Waals surface area contributed by atoms with Crippen molar-refractivity contribution in [3.63, 3.8) is 0 Å². The van der Waals surface area contributed by atoms with Gasteiger partial charge >= 0.3 is 0 Å². The van der Waals surface area contributed by atoms with Crippen molar-refractivity contribution in [2.75, 3.05) is 18.0 Å². The van der Waals surface area contributed by atoms with Gasteiger partial charge in [-0.2, -0.15) is 0 Å². The Morgan fingerprint density at radius 3 is 2.69 bits per heavy atom. The first kappa shape index (κ1) is 20.4. The third kappa shape index (κ3) is 4.29. The van der Waals surface area contributed by atoms with E-state index in [4.69, 9.17) is 4.42 Å². The SMILES string of the molecule is Cc1nnc(-c2cc(N3CCC(C(=O)C4N=CC[C@@H](c5ccccc5)N4)CC3)ncn2)o1. The highest BCUT2D eigenvalue weighted by Crippen LogP contribution is 2.27. The van der Waals surface area contributed by atoms with E-state index in [1.54, 1.807) is 6.92 Å². The van der Waals surface area contributed by atoms with E-state index in [1.165, 1.54) is 11.9 Å². The number of anilines is 1. The third-order valence-corrected chi connectivity index (χ3v) is 6.05. The van der Waals surface area contributed by atoms with E-state index in [2.05, 4.69) is 47.5 Å². The molecule has 0 amide bonds. The van der Waals surface area contributed by atoms with Crippen molar-refractivity contribution in [3.8, 4) is 11.6 Å². The minimum absolute atomic E-state index is 0.0182. The zero-order valence-corrected chi connectivity index (χ0v) is 17.9. The van der Waals surface area contributed by atoms with Crippen LogP contribution in [0.2, 0.25) is 0 Å². The fourth-order valence-electron chi connectivity index (χ4n) is 4.30. The van der Waals surface area contributed by atoms with Crippen molar-refractivity contribution in [2.45, 2.75) is 38.4 Å². The minimum Gasteiger partial charge on any atom is -0.420 e. The highest BCUT2D eigenvalue weighted by Gasteiger charge is 2.33. The summed E-state index contributed by atoms with van der Waals surface area (Å²) in [6, 6.07) is 12.2. The van der Waals surface area contributed by atoms with Crippen molar-refractivity contribution >= 4 is 17.8 Å². The summed E-state index contributed by atoms with van der Waals surface area (Å²) in [6.07, 6.45) is 5.24. The van der Waals surface area contributed by atoms with Gasteiger partial charge in [-0.15, -0.1) is 10.2 Å². The smallest absolute Gasteiger partial charge is 0.266 e. The maximum atomic E-state index is 13.2. The van der Waals surface area contributed by atoms with Crippen LogP contribution in [0.1, 0.15) is 36.8 Å². The molecule has 1 aromatic carbocycles. The lowest BCUT2D eigenvalue weighted by Gasteiger charge is -2.34. The van der Waals surface area contributed by atoms with Gasteiger partial charge in [0.15, 0.2) is 11.9 Å². The Balaban J connectivity index is 1.21. The van der Waals surface area contributed by atoms with Gasteiger partial charge in [-0.3, -0.25) is 15.1 Å². The molecule has 9 nitrogen and oxygen atoms in total. The predicted molar refractivity (Wildman–Crippen MR) is 119 cm³/mol. The molecular formula is C23H25N7O2. The van der Waals surface area contributed by atoms with Crippen LogP contribution < -0.4 is 10.2 Å². The number of hydrogen-bond donors (Lipinski definition) is 1. The zero-order valence-electron chi connectivity index (χ0n) is 17.9. The quantitative estimate of drug-likeness (QED) is 0.657. The van der Waals surface area contributed by atoms with Gasteiger partial charge in [0.05, 0.1) is 0 Å². The lowest BCUT2D eigenvalue weighted by atomic mass is 9.90. The summed E-state index contributed by atoms with van der Waals surface area (Å²) < 4.78 is 5.47. The molecule has 4 heterocycles. The van der Waals surface area contributed by atoms with Crippen LogP contribution in [-0.2, 0) is 4.79 Å². The first-order valence-corrected chi connectivity index (χ1v) is 10.9. The Hall–Kier alpha value is -3.46. The molecule has 0 saturated carbocycles. The number of hydrogen-bond acceptors (Lipinski definition) is 9. The van der Waals surface area contributed by atoms with Crippen LogP contribution in [0.25, 0.3) is 11.6 Å². The second kappa shape index (κ2) is 8.96. The van der Waals surface area contributed by atoms with Gasteiger partial charge in [-0.05, 0) is 18.4 Å². The highest BCUT2D eigenvalue weighted by molar-refractivity contribution is 5.88. The van der Waals surface area contributed by atoms with Crippen LogP contribution in [0.15, 0.2) is 52.1 Å². The molecule has 0 radical (unpaired) electrons. The number of aliphatic imine (C=N–C) groups is 1. The number of nitrogens with one attached hydrogen (secondary N) is 1. The second-order valence-corrected chi connectivity index (χ2v) is 8.15. The largest absolute Gasteiger partial charge is 0.420 e. The zero-order chi connectivity index (χ0) is 21.9. The molecule has 0 spiro atoms. The highest BCUT2D eigenvalue weighted by atomic mass is 16.4. The number of Topliss-reactive ketones (excluding diaryl/α,β-unsaturated/α-hetero) is 1. The molecular weight excluding hydrogens is 406 g/mol. The number of benzene rings is 1. The predicted octanol–water partition coefficient (Wildman–Crippen LogP) is 2.75. The molecule has 1 fully saturated rings.